The maximum Gasteiger partial charge on any atom is 0.241 e. The Morgan fingerprint density at radius 2 is 1.85 bits per heavy atom. The van der Waals surface area contributed by atoms with Gasteiger partial charge in [0.05, 0.1) is 6.54 Å². The van der Waals surface area contributed by atoms with Gasteiger partial charge in [0, 0.05) is 22.2 Å². The van der Waals surface area contributed by atoms with Crippen LogP contribution in [-0.4, -0.2) is 34.0 Å². The molecule has 6 nitrogen and oxygen atoms in total. The number of likely N-dealkylation sites (tertiary alicyclic amines) is 1. The molecule has 0 aliphatic carbocycles. The van der Waals surface area contributed by atoms with E-state index in [1.807, 2.05) is 31.2 Å². The number of benzene rings is 2. The first-order chi connectivity index (χ1) is 15.7. The summed E-state index contributed by atoms with van der Waals surface area (Å²) in [7, 11) is 0. The summed E-state index contributed by atoms with van der Waals surface area (Å²) in [6.45, 7) is 10.7. The highest BCUT2D eigenvalue weighted by Crippen LogP contribution is 2.26. The molecule has 33 heavy (non-hydrogen) atoms. The molecular weight excluding hydrogens is 436 g/mol. The number of nitrogens with one attached hydrogen (secondary N) is 1. The Hall–Kier alpha value is -2.70. The number of aryl methyl sites for hydroxylation is 1. The first-order valence-electron chi connectivity index (χ1n) is 11.4. The van der Waals surface area contributed by atoms with Crippen molar-refractivity contribution in [2.75, 3.05) is 18.4 Å². The molecule has 1 aromatic heterocycles. The second-order valence-electron chi connectivity index (χ2n) is 9.84. The van der Waals surface area contributed by atoms with Gasteiger partial charge >= 0.3 is 0 Å². The van der Waals surface area contributed by atoms with Crippen molar-refractivity contribution < 1.29 is 9.32 Å². The van der Waals surface area contributed by atoms with E-state index < -0.39 is 0 Å². The van der Waals surface area contributed by atoms with Gasteiger partial charge in [-0.2, -0.15) is 4.98 Å². The second kappa shape index (κ2) is 9.65. The standard InChI is InChI=1S/C26H31ClN4O2/c1-17-5-10-21(15-22(17)27)28-25(32)19-11-13-31(14-12-19)16-23-29-24(30-33-23)18-6-8-20(9-7-18)26(2,3)4/h5-10,15,19H,11-14,16H2,1-4H3,(H,28,32). The first kappa shape index (κ1) is 23.5. The van der Waals surface area contributed by atoms with Crippen LogP contribution in [-0.2, 0) is 16.8 Å². The van der Waals surface area contributed by atoms with Crippen molar-refractivity contribution in [3.8, 4) is 11.4 Å². The summed E-state index contributed by atoms with van der Waals surface area (Å²) in [6.07, 6.45) is 1.58. The average Bonchev–Trinajstić information content (AvgIpc) is 3.25. The van der Waals surface area contributed by atoms with Crippen LogP contribution in [0.5, 0.6) is 0 Å². The van der Waals surface area contributed by atoms with Gasteiger partial charge in [0.25, 0.3) is 0 Å². The van der Waals surface area contributed by atoms with Gasteiger partial charge in [0.2, 0.25) is 17.6 Å². The summed E-state index contributed by atoms with van der Waals surface area (Å²) >= 11 is 6.17. The number of piperidine rings is 1. The van der Waals surface area contributed by atoms with Gasteiger partial charge in [0.1, 0.15) is 0 Å². The molecule has 1 aliphatic heterocycles. The molecule has 0 atom stereocenters. The van der Waals surface area contributed by atoms with Gasteiger partial charge in [-0.1, -0.05) is 67.9 Å². The molecule has 2 heterocycles. The van der Waals surface area contributed by atoms with Gasteiger partial charge in [-0.25, -0.2) is 0 Å². The number of carbonyl (C=O) groups excluding carboxylic acids is 1. The predicted octanol–water partition coefficient (Wildman–Crippen LogP) is 5.85. The minimum absolute atomic E-state index is 0.0131. The largest absolute Gasteiger partial charge is 0.338 e. The lowest BCUT2D eigenvalue weighted by atomic mass is 9.87. The van der Waals surface area contributed by atoms with Crippen molar-refractivity contribution in [3.05, 3.63) is 64.5 Å². The zero-order chi connectivity index (χ0) is 23.6. The molecule has 4 rings (SSSR count). The fourth-order valence-corrected chi connectivity index (χ4v) is 4.20. The summed E-state index contributed by atoms with van der Waals surface area (Å²) < 4.78 is 5.50. The molecule has 1 amide bonds. The molecule has 1 N–H and O–H groups in total. The topological polar surface area (TPSA) is 71.3 Å². The number of halogens is 1. The summed E-state index contributed by atoms with van der Waals surface area (Å²) in [5, 5.41) is 7.81. The van der Waals surface area contributed by atoms with Crippen molar-refractivity contribution in [1.29, 1.82) is 0 Å². The highest BCUT2D eigenvalue weighted by Gasteiger charge is 2.26. The number of rotatable bonds is 5. The number of carbonyl (C=O) groups is 1. The molecule has 2 aromatic carbocycles. The Labute approximate surface area is 200 Å². The molecule has 0 saturated carbocycles. The average molecular weight is 467 g/mol. The number of hydrogen-bond acceptors (Lipinski definition) is 5. The van der Waals surface area contributed by atoms with Crippen LogP contribution >= 0.6 is 11.6 Å². The van der Waals surface area contributed by atoms with Crippen molar-refractivity contribution in [1.82, 2.24) is 15.0 Å². The molecule has 0 bridgehead atoms. The van der Waals surface area contributed by atoms with Crippen molar-refractivity contribution in [2.45, 2.75) is 52.5 Å². The first-order valence-corrected chi connectivity index (χ1v) is 11.8. The van der Waals surface area contributed by atoms with Crippen LogP contribution in [0.15, 0.2) is 47.0 Å². The van der Waals surface area contributed by atoms with E-state index in [-0.39, 0.29) is 17.2 Å². The van der Waals surface area contributed by atoms with Gasteiger partial charge in [-0.3, -0.25) is 9.69 Å². The van der Waals surface area contributed by atoms with Crippen molar-refractivity contribution >= 4 is 23.2 Å². The minimum Gasteiger partial charge on any atom is -0.338 e. The lowest BCUT2D eigenvalue weighted by Gasteiger charge is -2.30. The quantitative estimate of drug-likeness (QED) is 0.511. The normalized spacial score (nSPS) is 15.5. The molecule has 1 fully saturated rings. The number of aromatic nitrogens is 2. The molecule has 1 saturated heterocycles. The Kier molecular flexibility index (Phi) is 6.86. The third-order valence-corrected chi connectivity index (χ3v) is 6.64. The van der Waals surface area contributed by atoms with Crippen molar-refractivity contribution in [2.24, 2.45) is 5.92 Å². The molecule has 3 aromatic rings. The molecular formula is C26H31ClN4O2. The van der Waals surface area contributed by atoms with Crippen LogP contribution in [0.2, 0.25) is 5.02 Å². The van der Waals surface area contributed by atoms with E-state index in [9.17, 15) is 4.79 Å². The van der Waals surface area contributed by atoms with E-state index in [4.69, 9.17) is 16.1 Å². The number of amides is 1. The zero-order valence-electron chi connectivity index (χ0n) is 19.7. The molecule has 1 aliphatic rings. The van der Waals surface area contributed by atoms with Crippen LogP contribution in [0.25, 0.3) is 11.4 Å². The summed E-state index contributed by atoms with van der Waals surface area (Å²) in [5.74, 6) is 1.24. The van der Waals surface area contributed by atoms with E-state index in [0.717, 1.165) is 42.7 Å². The van der Waals surface area contributed by atoms with E-state index in [1.54, 1.807) is 6.07 Å². The fourth-order valence-electron chi connectivity index (χ4n) is 4.02. The molecule has 7 heteroatoms. The van der Waals surface area contributed by atoms with Crippen LogP contribution in [0, 0.1) is 12.8 Å². The predicted molar refractivity (Wildman–Crippen MR) is 131 cm³/mol. The Morgan fingerprint density at radius 1 is 1.15 bits per heavy atom. The lowest BCUT2D eigenvalue weighted by molar-refractivity contribution is -0.121. The van der Waals surface area contributed by atoms with E-state index in [0.29, 0.717) is 23.3 Å². The van der Waals surface area contributed by atoms with Crippen LogP contribution < -0.4 is 5.32 Å². The summed E-state index contributed by atoms with van der Waals surface area (Å²) in [4.78, 5) is 19.5. The monoisotopic (exact) mass is 466 g/mol. The lowest BCUT2D eigenvalue weighted by Crippen LogP contribution is -2.37. The van der Waals surface area contributed by atoms with Gasteiger partial charge in [-0.05, 0) is 61.5 Å². The Morgan fingerprint density at radius 3 is 2.48 bits per heavy atom. The molecule has 174 valence electrons. The smallest absolute Gasteiger partial charge is 0.241 e. The highest BCUT2D eigenvalue weighted by molar-refractivity contribution is 6.31. The minimum atomic E-state index is -0.0131. The van der Waals surface area contributed by atoms with Crippen LogP contribution in [0.3, 0.4) is 0 Å². The van der Waals surface area contributed by atoms with Gasteiger partial charge in [0.15, 0.2) is 0 Å². The summed E-state index contributed by atoms with van der Waals surface area (Å²) in [5.41, 5.74) is 4.06. The van der Waals surface area contributed by atoms with Gasteiger partial charge < -0.3 is 9.84 Å². The third-order valence-electron chi connectivity index (χ3n) is 6.23. The maximum absolute atomic E-state index is 12.7. The Bertz CT molecular complexity index is 1110. The molecule has 0 unspecified atom stereocenters. The SMILES string of the molecule is Cc1ccc(NC(=O)C2CCN(Cc3nc(-c4ccc(C(C)(C)C)cc4)no3)CC2)cc1Cl. The van der Waals surface area contributed by atoms with Crippen molar-refractivity contribution in [3.63, 3.8) is 0 Å². The Balaban J connectivity index is 1.29. The second-order valence-corrected chi connectivity index (χ2v) is 10.2. The molecule has 0 spiro atoms. The van der Waals surface area contributed by atoms with Gasteiger partial charge in [-0.15, -0.1) is 0 Å². The van der Waals surface area contributed by atoms with E-state index in [1.165, 1.54) is 5.56 Å². The number of anilines is 1. The molecule has 0 radical (unpaired) electrons. The number of hydrogen-bond donors (Lipinski definition) is 1. The zero-order valence-corrected chi connectivity index (χ0v) is 20.4. The highest BCUT2D eigenvalue weighted by atomic mass is 35.5. The van der Waals surface area contributed by atoms with Crippen LogP contribution in [0.4, 0.5) is 5.69 Å². The number of nitrogens with zero attached hydrogens (tertiary/aromatic N) is 3. The maximum atomic E-state index is 12.7. The van der Waals surface area contributed by atoms with Crippen LogP contribution in [0.1, 0.15) is 50.6 Å². The fraction of sp³-hybridized carbons (Fsp3) is 0.423. The summed E-state index contributed by atoms with van der Waals surface area (Å²) in [6, 6.07) is 13.9. The van der Waals surface area contributed by atoms with E-state index in [2.05, 4.69) is 53.3 Å². The third kappa shape index (κ3) is 5.81. The van der Waals surface area contributed by atoms with E-state index >= 15 is 0 Å².